The fourth-order valence-electron chi connectivity index (χ4n) is 1.89. The van der Waals surface area contributed by atoms with Crippen molar-refractivity contribution in [3.8, 4) is 11.8 Å². The number of hydrogen-bond acceptors (Lipinski definition) is 4. The van der Waals surface area contributed by atoms with Crippen molar-refractivity contribution in [3.05, 3.63) is 16.6 Å². The van der Waals surface area contributed by atoms with Crippen LogP contribution in [0, 0.1) is 17.2 Å². The van der Waals surface area contributed by atoms with Crippen LogP contribution in [0.4, 0.5) is 0 Å². The highest BCUT2D eigenvalue weighted by molar-refractivity contribution is 9.10. The Hall–Kier alpha value is -1.61. The zero-order valence-corrected chi connectivity index (χ0v) is 11.2. The summed E-state index contributed by atoms with van der Waals surface area (Å²) in [5.74, 6) is 1.38. The molecule has 1 saturated carbocycles. The van der Waals surface area contributed by atoms with Gasteiger partial charge in [-0.05, 0) is 46.8 Å². The van der Waals surface area contributed by atoms with Gasteiger partial charge in [0.1, 0.15) is 17.3 Å². The number of benzene rings is 1. The number of ether oxygens (including phenoxy) is 1. The normalized spacial score (nSPS) is 14.7. The van der Waals surface area contributed by atoms with Crippen molar-refractivity contribution >= 4 is 27.0 Å². The second-order valence-corrected chi connectivity index (χ2v) is 5.20. The second-order valence-electron chi connectivity index (χ2n) is 4.41. The minimum Gasteiger partial charge on any atom is -0.477 e. The molecule has 6 heteroatoms. The first kappa shape index (κ1) is 11.5. The van der Waals surface area contributed by atoms with E-state index in [9.17, 15) is 0 Å². The minimum absolute atomic E-state index is 0.0281. The Bertz CT molecular complexity index is 627. The van der Waals surface area contributed by atoms with Gasteiger partial charge >= 0.3 is 0 Å². The molecule has 1 aromatic carbocycles. The van der Waals surface area contributed by atoms with Crippen molar-refractivity contribution in [2.24, 2.45) is 5.92 Å². The predicted molar refractivity (Wildman–Crippen MR) is 69.1 cm³/mol. The molecule has 0 bridgehead atoms. The third-order valence-electron chi connectivity index (χ3n) is 3.01. The average Bonchev–Trinajstić information content (AvgIpc) is 3.09. The van der Waals surface area contributed by atoms with Gasteiger partial charge in [-0.1, -0.05) is 5.21 Å². The quantitative estimate of drug-likeness (QED) is 0.870. The van der Waals surface area contributed by atoms with Crippen molar-refractivity contribution in [3.63, 3.8) is 0 Å². The van der Waals surface area contributed by atoms with Crippen LogP contribution in [0.3, 0.4) is 0 Å². The van der Waals surface area contributed by atoms with Crippen LogP contribution in [0.15, 0.2) is 16.6 Å². The lowest BCUT2D eigenvalue weighted by molar-refractivity contribution is 0.366. The van der Waals surface area contributed by atoms with Crippen molar-refractivity contribution in [2.45, 2.75) is 19.4 Å². The third-order valence-corrected chi connectivity index (χ3v) is 3.78. The summed E-state index contributed by atoms with van der Waals surface area (Å²) in [6.07, 6.45) is 2.57. The van der Waals surface area contributed by atoms with Crippen LogP contribution >= 0.6 is 15.9 Å². The predicted octanol–water partition coefficient (Wildman–Crippen LogP) is 2.51. The van der Waals surface area contributed by atoms with E-state index in [0.717, 1.165) is 28.0 Å². The van der Waals surface area contributed by atoms with Crippen LogP contribution < -0.4 is 4.74 Å². The minimum atomic E-state index is 0.0281. The SMILES string of the molecule is N#CCOc1ccc2c(nnn2CC2CC2)c1Br. The molecule has 92 valence electrons. The number of halogens is 1. The molecular weight excluding hydrogens is 296 g/mol. The summed E-state index contributed by atoms with van der Waals surface area (Å²) in [6, 6.07) is 5.73. The van der Waals surface area contributed by atoms with E-state index in [-0.39, 0.29) is 6.61 Å². The molecule has 1 heterocycles. The number of nitrogens with zero attached hydrogens (tertiary/aromatic N) is 4. The molecule has 1 aliphatic carbocycles. The van der Waals surface area contributed by atoms with Gasteiger partial charge < -0.3 is 4.74 Å². The number of nitriles is 1. The van der Waals surface area contributed by atoms with Crippen LogP contribution in [-0.4, -0.2) is 21.6 Å². The Morgan fingerprint density at radius 3 is 3.06 bits per heavy atom. The Kier molecular flexibility index (Phi) is 2.92. The van der Waals surface area contributed by atoms with Gasteiger partial charge in [-0.25, -0.2) is 4.68 Å². The van der Waals surface area contributed by atoms with E-state index < -0.39 is 0 Å². The molecule has 1 aromatic heterocycles. The van der Waals surface area contributed by atoms with E-state index in [1.807, 2.05) is 22.9 Å². The van der Waals surface area contributed by atoms with Crippen LogP contribution in [0.25, 0.3) is 11.0 Å². The lowest BCUT2D eigenvalue weighted by Gasteiger charge is -2.05. The van der Waals surface area contributed by atoms with Gasteiger partial charge in [-0.3, -0.25) is 0 Å². The average molecular weight is 307 g/mol. The van der Waals surface area contributed by atoms with Crippen molar-refractivity contribution < 1.29 is 4.74 Å². The number of rotatable bonds is 4. The Labute approximate surface area is 112 Å². The fraction of sp³-hybridized carbons (Fsp3) is 0.417. The number of aromatic nitrogens is 3. The number of fused-ring (bicyclic) bond motifs is 1. The first-order valence-electron chi connectivity index (χ1n) is 5.81. The summed E-state index contributed by atoms with van der Waals surface area (Å²) in [5.41, 5.74) is 1.78. The van der Waals surface area contributed by atoms with Gasteiger partial charge in [-0.15, -0.1) is 5.10 Å². The van der Waals surface area contributed by atoms with E-state index in [0.29, 0.717) is 5.75 Å². The van der Waals surface area contributed by atoms with E-state index >= 15 is 0 Å². The Morgan fingerprint density at radius 1 is 1.50 bits per heavy atom. The van der Waals surface area contributed by atoms with Crippen LogP contribution in [-0.2, 0) is 6.54 Å². The highest BCUT2D eigenvalue weighted by Crippen LogP contribution is 2.34. The molecule has 18 heavy (non-hydrogen) atoms. The topological polar surface area (TPSA) is 63.7 Å². The number of hydrogen-bond donors (Lipinski definition) is 0. The first-order chi connectivity index (χ1) is 8.79. The molecule has 2 aromatic rings. The molecule has 1 fully saturated rings. The van der Waals surface area contributed by atoms with Crippen molar-refractivity contribution in [1.29, 1.82) is 5.26 Å². The summed E-state index contributed by atoms with van der Waals surface area (Å²) < 4.78 is 8.01. The molecule has 0 amide bonds. The van der Waals surface area contributed by atoms with E-state index in [1.54, 1.807) is 0 Å². The molecule has 1 aliphatic rings. The molecule has 0 aliphatic heterocycles. The molecule has 0 unspecified atom stereocenters. The van der Waals surface area contributed by atoms with E-state index in [1.165, 1.54) is 12.8 Å². The maximum absolute atomic E-state index is 8.52. The zero-order valence-electron chi connectivity index (χ0n) is 9.64. The van der Waals surface area contributed by atoms with Crippen LogP contribution in [0.2, 0.25) is 0 Å². The second kappa shape index (κ2) is 4.58. The van der Waals surface area contributed by atoms with Gasteiger partial charge in [-0.2, -0.15) is 5.26 Å². The van der Waals surface area contributed by atoms with Crippen LogP contribution in [0.5, 0.6) is 5.75 Å². The molecule has 0 N–H and O–H groups in total. The third kappa shape index (κ3) is 2.06. The summed E-state index contributed by atoms with van der Waals surface area (Å²) in [6.45, 7) is 0.960. The van der Waals surface area contributed by atoms with E-state index in [4.69, 9.17) is 10.00 Å². The zero-order chi connectivity index (χ0) is 12.5. The van der Waals surface area contributed by atoms with Gasteiger partial charge in [0.2, 0.25) is 0 Å². The Balaban J connectivity index is 1.96. The molecule has 0 spiro atoms. The van der Waals surface area contributed by atoms with Crippen molar-refractivity contribution in [2.75, 3.05) is 6.61 Å². The van der Waals surface area contributed by atoms with Crippen LogP contribution in [0.1, 0.15) is 12.8 Å². The smallest absolute Gasteiger partial charge is 0.174 e. The maximum Gasteiger partial charge on any atom is 0.174 e. The molecule has 0 atom stereocenters. The highest BCUT2D eigenvalue weighted by Gasteiger charge is 2.23. The molecule has 5 nitrogen and oxygen atoms in total. The molecular formula is C12H11BrN4O. The molecule has 0 saturated heterocycles. The summed E-state index contributed by atoms with van der Waals surface area (Å²) in [4.78, 5) is 0. The van der Waals surface area contributed by atoms with Gasteiger partial charge in [0.05, 0.1) is 9.99 Å². The lowest BCUT2D eigenvalue weighted by Crippen LogP contribution is -2.01. The van der Waals surface area contributed by atoms with Crippen molar-refractivity contribution in [1.82, 2.24) is 15.0 Å². The largest absolute Gasteiger partial charge is 0.477 e. The Morgan fingerprint density at radius 2 is 2.33 bits per heavy atom. The van der Waals surface area contributed by atoms with E-state index in [2.05, 4.69) is 26.2 Å². The van der Waals surface area contributed by atoms with Gasteiger partial charge in [0.15, 0.2) is 6.61 Å². The summed E-state index contributed by atoms with van der Waals surface area (Å²) >= 11 is 3.46. The lowest BCUT2D eigenvalue weighted by atomic mass is 10.3. The first-order valence-corrected chi connectivity index (χ1v) is 6.60. The van der Waals surface area contributed by atoms with Gasteiger partial charge in [0, 0.05) is 6.54 Å². The highest BCUT2D eigenvalue weighted by atomic mass is 79.9. The fourth-order valence-corrected chi connectivity index (χ4v) is 2.42. The summed E-state index contributed by atoms with van der Waals surface area (Å²) in [5, 5.41) is 16.9. The van der Waals surface area contributed by atoms with Gasteiger partial charge in [0.25, 0.3) is 0 Å². The molecule has 0 radical (unpaired) electrons. The monoisotopic (exact) mass is 306 g/mol. The standard InChI is InChI=1S/C12H11BrN4O/c13-11-10(18-6-5-14)4-3-9-12(11)15-16-17(9)7-8-1-2-8/h3-4,8H,1-2,6-7H2. The maximum atomic E-state index is 8.52. The summed E-state index contributed by atoms with van der Waals surface area (Å²) in [7, 11) is 0. The molecule has 3 rings (SSSR count).